The SMILES string of the molecule is CC(=O)c1ccc(Nc2cc(C(=O)Nc3ccc(C(C)(C)C)cc3)ccn2)cc1. The van der Waals surface area contributed by atoms with E-state index in [2.05, 4.69) is 36.4 Å². The second-order valence-electron chi connectivity index (χ2n) is 7.97. The number of benzene rings is 2. The number of hydrogen-bond acceptors (Lipinski definition) is 4. The van der Waals surface area contributed by atoms with Gasteiger partial charge in [0.25, 0.3) is 5.91 Å². The highest BCUT2D eigenvalue weighted by molar-refractivity contribution is 6.04. The van der Waals surface area contributed by atoms with E-state index in [-0.39, 0.29) is 17.1 Å². The normalized spacial score (nSPS) is 11.0. The number of nitrogens with one attached hydrogen (secondary N) is 2. The second kappa shape index (κ2) is 8.27. The molecule has 0 unspecified atom stereocenters. The summed E-state index contributed by atoms with van der Waals surface area (Å²) in [6.07, 6.45) is 1.59. The zero-order valence-electron chi connectivity index (χ0n) is 17.1. The Morgan fingerprint density at radius 1 is 0.828 bits per heavy atom. The molecule has 2 aromatic carbocycles. The molecule has 2 N–H and O–H groups in total. The summed E-state index contributed by atoms with van der Waals surface area (Å²) < 4.78 is 0. The largest absolute Gasteiger partial charge is 0.340 e. The van der Waals surface area contributed by atoms with E-state index in [1.54, 1.807) is 30.5 Å². The van der Waals surface area contributed by atoms with Gasteiger partial charge in [-0.25, -0.2) is 4.98 Å². The van der Waals surface area contributed by atoms with Crippen LogP contribution in [0.1, 0.15) is 54.0 Å². The van der Waals surface area contributed by atoms with E-state index in [0.29, 0.717) is 16.9 Å². The van der Waals surface area contributed by atoms with Crippen LogP contribution in [0.25, 0.3) is 0 Å². The van der Waals surface area contributed by atoms with Crippen LogP contribution in [0.4, 0.5) is 17.2 Å². The second-order valence-corrected chi connectivity index (χ2v) is 7.97. The van der Waals surface area contributed by atoms with Crippen molar-refractivity contribution in [3.05, 3.63) is 83.6 Å². The van der Waals surface area contributed by atoms with Gasteiger partial charge in [0.1, 0.15) is 5.82 Å². The summed E-state index contributed by atoms with van der Waals surface area (Å²) in [6, 6.07) is 18.4. The van der Waals surface area contributed by atoms with Crippen molar-refractivity contribution in [2.45, 2.75) is 33.1 Å². The summed E-state index contributed by atoms with van der Waals surface area (Å²) in [4.78, 5) is 28.3. The Morgan fingerprint density at radius 2 is 1.45 bits per heavy atom. The van der Waals surface area contributed by atoms with Crippen molar-refractivity contribution in [2.75, 3.05) is 10.6 Å². The molecular weight excluding hydrogens is 362 g/mol. The van der Waals surface area contributed by atoms with Crippen molar-refractivity contribution in [2.24, 2.45) is 0 Å². The molecule has 3 aromatic rings. The van der Waals surface area contributed by atoms with Gasteiger partial charge >= 0.3 is 0 Å². The number of anilines is 3. The van der Waals surface area contributed by atoms with Crippen molar-refractivity contribution in [1.29, 1.82) is 0 Å². The predicted molar refractivity (Wildman–Crippen MR) is 117 cm³/mol. The minimum Gasteiger partial charge on any atom is -0.340 e. The Balaban J connectivity index is 1.70. The molecule has 5 nitrogen and oxygen atoms in total. The van der Waals surface area contributed by atoms with E-state index in [1.165, 1.54) is 12.5 Å². The lowest BCUT2D eigenvalue weighted by Crippen LogP contribution is -2.14. The van der Waals surface area contributed by atoms with Crippen LogP contribution in [0.3, 0.4) is 0 Å². The average molecular weight is 387 g/mol. The summed E-state index contributed by atoms with van der Waals surface area (Å²) in [5.74, 6) is 0.367. The maximum absolute atomic E-state index is 12.6. The van der Waals surface area contributed by atoms with Gasteiger partial charge in [-0.15, -0.1) is 0 Å². The highest BCUT2D eigenvalue weighted by Crippen LogP contribution is 2.24. The van der Waals surface area contributed by atoms with Crippen LogP contribution in [-0.4, -0.2) is 16.7 Å². The standard InChI is InChI=1S/C24H25N3O2/c1-16(28)17-5-9-20(10-6-17)26-22-15-18(13-14-25-22)23(29)27-21-11-7-19(8-12-21)24(2,3)4/h5-15H,1-4H3,(H,25,26)(H,27,29). The lowest BCUT2D eigenvalue weighted by atomic mass is 9.87. The first-order valence-corrected chi connectivity index (χ1v) is 9.48. The van der Waals surface area contributed by atoms with Crippen LogP contribution in [0, 0.1) is 0 Å². The van der Waals surface area contributed by atoms with Crippen molar-refractivity contribution in [3.8, 4) is 0 Å². The highest BCUT2D eigenvalue weighted by atomic mass is 16.1. The molecule has 0 saturated heterocycles. The van der Waals surface area contributed by atoms with E-state index < -0.39 is 0 Å². The lowest BCUT2D eigenvalue weighted by Gasteiger charge is -2.19. The van der Waals surface area contributed by atoms with Crippen LogP contribution in [-0.2, 0) is 5.41 Å². The first kappa shape index (κ1) is 20.3. The van der Waals surface area contributed by atoms with Gasteiger partial charge in [-0.2, -0.15) is 0 Å². The Labute approximate surface area is 171 Å². The van der Waals surface area contributed by atoms with Crippen LogP contribution < -0.4 is 10.6 Å². The number of Topliss-reactive ketones (excluding diaryl/α,β-unsaturated/α-hetero) is 1. The minimum atomic E-state index is -0.203. The molecule has 0 saturated carbocycles. The van der Waals surface area contributed by atoms with Crippen molar-refractivity contribution in [1.82, 2.24) is 4.98 Å². The fraction of sp³-hybridized carbons (Fsp3) is 0.208. The molecule has 5 heteroatoms. The molecule has 3 rings (SSSR count). The topological polar surface area (TPSA) is 71.1 Å². The minimum absolute atomic E-state index is 0.0175. The van der Waals surface area contributed by atoms with Gasteiger partial charge in [-0.1, -0.05) is 32.9 Å². The van der Waals surface area contributed by atoms with Crippen LogP contribution >= 0.6 is 0 Å². The monoisotopic (exact) mass is 387 g/mol. The number of ketones is 1. The molecule has 0 fully saturated rings. The average Bonchev–Trinajstić information content (AvgIpc) is 2.68. The third kappa shape index (κ3) is 5.29. The van der Waals surface area contributed by atoms with Gasteiger partial charge in [0, 0.05) is 28.7 Å². The predicted octanol–water partition coefficient (Wildman–Crippen LogP) is 5.58. The highest BCUT2D eigenvalue weighted by Gasteiger charge is 2.14. The van der Waals surface area contributed by atoms with Gasteiger partial charge in [0.05, 0.1) is 0 Å². The number of carbonyl (C=O) groups excluding carboxylic acids is 2. The molecule has 148 valence electrons. The Hall–Kier alpha value is -3.47. The Kier molecular flexibility index (Phi) is 5.78. The summed E-state index contributed by atoms with van der Waals surface area (Å²) in [7, 11) is 0. The van der Waals surface area contributed by atoms with Gasteiger partial charge in [0.15, 0.2) is 5.78 Å². The van der Waals surface area contributed by atoms with Crippen molar-refractivity contribution in [3.63, 3.8) is 0 Å². The molecule has 0 aliphatic rings. The van der Waals surface area contributed by atoms with Crippen LogP contribution in [0.5, 0.6) is 0 Å². The number of nitrogens with zero attached hydrogens (tertiary/aromatic N) is 1. The first-order chi connectivity index (χ1) is 13.7. The van der Waals surface area contributed by atoms with Crippen molar-refractivity contribution < 1.29 is 9.59 Å². The van der Waals surface area contributed by atoms with Gasteiger partial charge in [0.2, 0.25) is 0 Å². The maximum Gasteiger partial charge on any atom is 0.255 e. The fourth-order valence-corrected chi connectivity index (χ4v) is 2.83. The van der Waals surface area contributed by atoms with E-state index in [9.17, 15) is 9.59 Å². The third-order valence-corrected chi connectivity index (χ3v) is 4.59. The molecule has 1 heterocycles. The smallest absolute Gasteiger partial charge is 0.255 e. The van der Waals surface area contributed by atoms with E-state index >= 15 is 0 Å². The molecule has 1 amide bonds. The number of carbonyl (C=O) groups is 2. The molecule has 0 radical (unpaired) electrons. The zero-order chi connectivity index (χ0) is 21.0. The molecule has 29 heavy (non-hydrogen) atoms. The molecule has 0 spiro atoms. The maximum atomic E-state index is 12.6. The number of rotatable bonds is 5. The summed E-state index contributed by atoms with van der Waals surface area (Å²) in [6.45, 7) is 7.99. The summed E-state index contributed by atoms with van der Waals surface area (Å²) in [5, 5.41) is 6.07. The fourth-order valence-electron chi connectivity index (χ4n) is 2.83. The number of aromatic nitrogens is 1. The zero-order valence-corrected chi connectivity index (χ0v) is 17.1. The number of amides is 1. The molecule has 1 aromatic heterocycles. The lowest BCUT2D eigenvalue weighted by molar-refractivity contribution is 0.101. The van der Waals surface area contributed by atoms with E-state index in [0.717, 1.165) is 11.4 Å². The van der Waals surface area contributed by atoms with Gasteiger partial charge in [-0.05, 0) is 66.4 Å². The Bertz CT molecular complexity index is 1020. The van der Waals surface area contributed by atoms with E-state index in [1.807, 2.05) is 36.4 Å². The van der Waals surface area contributed by atoms with Crippen molar-refractivity contribution >= 4 is 28.9 Å². The number of pyridine rings is 1. The van der Waals surface area contributed by atoms with E-state index in [4.69, 9.17) is 0 Å². The third-order valence-electron chi connectivity index (χ3n) is 4.59. The Morgan fingerprint density at radius 3 is 2.03 bits per heavy atom. The summed E-state index contributed by atoms with van der Waals surface area (Å²) >= 11 is 0. The molecule has 0 aliphatic heterocycles. The molecular formula is C24H25N3O2. The first-order valence-electron chi connectivity index (χ1n) is 9.48. The number of hydrogen-bond donors (Lipinski definition) is 2. The van der Waals surface area contributed by atoms with Crippen LogP contribution in [0.15, 0.2) is 66.9 Å². The summed E-state index contributed by atoms with van der Waals surface area (Å²) in [5.41, 5.74) is 3.96. The van der Waals surface area contributed by atoms with Gasteiger partial charge < -0.3 is 10.6 Å². The quantitative estimate of drug-likeness (QED) is 0.561. The molecule has 0 aliphatic carbocycles. The molecule has 0 bridgehead atoms. The van der Waals surface area contributed by atoms with Crippen LogP contribution in [0.2, 0.25) is 0 Å². The van der Waals surface area contributed by atoms with Gasteiger partial charge in [-0.3, -0.25) is 9.59 Å². The molecule has 0 atom stereocenters.